The van der Waals surface area contributed by atoms with E-state index in [2.05, 4.69) is 5.32 Å². The number of carbonyl (C=O) groups excluding carboxylic acids is 1. The van der Waals surface area contributed by atoms with Crippen LogP contribution in [0.15, 0.2) is 42.5 Å². The van der Waals surface area contributed by atoms with Crippen molar-refractivity contribution in [3.05, 3.63) is 48.0 Å². The average molecular weight is 315 g/mol. The van der Waals surface area contributed by atoms with E-state index in [1.165, 1.54) is 0 Å². The molecule has 1 amide bonds. The zero-order valence-electron chi connectivity index (χ0n) is 13.1. The SMILES string of the molecule is COCCCC(=O)N[C@H](CC(=O)O)c1cccc2ccccc12. The molecular weight excluding hydrogens is 294 g/mol. The van der Waals surface area contributed by atoms with Gasteiger partial charge in [0.1, 0.15) is 0 Å². The van der Waals surface area contributed by atoms with Crippen molar-refractivity contribution < 1.29 is 19.4 Å². The predicted molar refractivity (Wildman–Crippen MR) is 88.2 cm³/mol. The lowest BCUT2D eigenvalue weighted by atomic mass is 9.96. The molecule has 1 atom stereocenters. The topological polar surface area (TPSA) is 75.6 Å². The Kier molecular flexibility index (Phi) is 6.11. The number of carbonyl (C=O) groups is 2. The van der Waals surface area contributed by atoms with E-state index < -0.39 is 12.0 Å². The molecule has 0 fully saturated rings. The number of carboxylic acids is 1. The molecule has 0 heterocycles. The van der Waals surface area contributed by atoms with Crippen LogP contribution in [0.3, 0.4) is 0 Å². The van der Waals surface area contributed by atoms with E-state index in [0.29, 0.717) is 19.4 Å². The summed E-state index contributed by atoms with van der Waals surface area (Å²) in [4.78, 5) is 23.2. The van der Waals surface area contributed by atoms with Crippen LogP contribution in [0, 0.1) is 0 Å². The number of carboxylic acid groups (broad SMARTS) is 1. The summed E-state index contributed by atoms with van der Waals surface area (Å²) in [5.41, 5.74) is 0.825. The fraction of sp³-hybridized carbons (Fsp3) is 0.333. The zero-order valence-corrected chi connectivity index (χ0v) is 13.1. The Morgan fingerprint density at radius 1 is 1.17 bits per heavy atom. The highest BCUT2D eigenvalue weighted by Gasteiger charge is 2.19. The molecule has 2 N–H and O–H groups in total. The van der Waals surface area contributed by atoms with E-state index in [9.17, 15) is 14.7 Å². The van der Waals surface area contributed by atoms with E-state index in [4.69, 9.17) is 4.74 Å². The summed E-state index contributed by atoms with van der Waals surface area (Å²) in [6.45, 7) is 0.505. The summed E-state index contributed by atoms with van der Waals surface area (Å²) in [5, 5.41) is 14.0. The molecule has 0 spiro atoms. The third-order valence-corrected chi connectivity index (χ3v) is 3.67. The average Bonchev–Trinajstić information content (AvgIpc) is 2.53. The Morgan fingerprint density at radius 3 is 2.65 bits per heavy atom. The van der Waals surface area contributed by atoms with Crippen molar-refractivity contribution in [1.82, 2.24) is 5.32 Å². The fourth-order valence-corrected chi connectivity index (χ4v) is 2.61. The summed E-state index contributed by atoms with van der Waals surface area (Å²) < 4.78 is 4.93. The van der Waals surface area contributed by atoms with Gasteiger partial charge in [-0.15, -0.1) is 0 Å². The molecule has 122 valence electrons. The summed E-state index contributed by atoms with van der Waals surface area (Å²) in [6, 6.07) is 12.9. The number of rotatable bonds is 8. The minimum absolute atomic E-state index is 0.149. The third-order valence-electron chi connectivity index (χ3n) is 3.67. The van der Waals surface area contributed by atoms with E-state index in [0.717, 1.165) is 16.3 Å². The molecule has 0 bridgehead atoms. The second-order valence-corrected chi connectivity index (χ2v) is 5.38. The lowest BCUT2D eigenvalue weighted by Crippen LogP contribution is -2.30. The Balaban J connectivity index is 2.23. The third kappa shape index (κ3) is 4.79. The number of hydrogen-bond donors (Lipinski definition) is 2. The number of benzene rings is 2. The van der Waals surface area contributed by atoms with Crippen LogP contribution >= 0.6 is 0 Å². The summed E-state index contributed by atoms with van der Waals surface area (Å²) in [5.74, 6) is -1.11. The van der Waals surface area contributed by atoms with Crippen LogP contribution in [0.1, 0.15) is 30.9 Å². The molecule has 2 rings (SSSR count). The van der Waals surface area contributed by atoms with Gasteiger partial charge in [0, 0.05) is 20.1 Å². The molecule has 0 saturated heterocycles. The Hall–Kier alpha value is -2.40. The maximum absolute atomic E-state index is 12.1. The molecule has 0 saturated carbocycles. The highest BCUT2D eigenvalue weighted by molar-refractivity contribution is 5.87. The van der Waals surface area contributed by atoms with Crippen molar-refractivity contribution in [3.63, 3.8) is 0 Å². The van der Waals surface area contributed by atoms with Gasteiger partial charge in [-0.2, -0.15) is 0 Å². The maximum Gasteiger partial charge on any atom is 0.305 e. The molecule has 5 heteroatoms. The molecule has 5 nitrogen and oxygen atoms in total. The minimum atomic E-state index is -0.944. The van der Waals surface area contributed by atoms with E-state index in [1.807, 2.05) is 42.5 Å². The molecular formula is C18H21NO4. The number of nitrogens with one attached hydrogen (secondary N) is 1. The van der Waals surface area contributed by atoms with Crippen molar-refractivity contribution in [2.24, 2.45) is 0 Å². The molecule has 0 aliphatic heterocycles. The molecule has 0 aliphatic rings. The van der Waals surface area contributed by atoms with Crippen LogP contribution in [0.25, 0.3) is 10.8 Å². The van der Waals surface area contributed by atoms with Gasteiger partial charge in [-0.05, 0) is 22.8 Å². The van der Waals surface area contributed by atoms with Crippen LogP contribution in [-0.4, -0.2) is 30.7 Å². The number of hydrogen-bond acceptors (Lipinski definition) is 3. The molecule has 0 unspecified atom stereocenters. The van der Waals surface area contributed by atoms with Gasteiger partial charge < -0.3 is 15.2 Å². The molecule has 0 radical (unpaired) electrons. The van der Waals surface area contributed by atoms with Gasteiger partial charge in [0.25, 0.3) is 0 Å². The molecule has 2 aromatic rings. The van der Waals surface area contributed by atoms with Crippen molar-refractivity contribution in [2.75, 3.05) is 13.7 Å². The van der Waals surface area contributed by atoms with Gasteiger partial charge >= 0.3 is 5.97 Å². The summed E-state index contributed by atoms with van der Waals surface area (Å²) in [7, 11) is 1.58. The number of amides is 1. The highest BCUT2D eigenvalue weighted by Crippen LogP contribution is 2.26. The summed E-state index contributed by atoms with van der Waals surface area (Å²) in [6.07, 6.45) is 0.774. The molecule has 0 aliphatic carbocycles. The van der Waals surface area contributed by atoms with Crippen LogP contribution in [0.5, 0.6) is 0 Å². The minimum Gasteiger partial charge on any atom is -0.481 e. The van der Waals surface area contributed by atoms with Gasteiger partial charge in [0.15, 0.2) is 0 Å². The van der Waals surface area contributed by atoms with Crippen LogP contribution in [0.2, 0.25) is 0 Å². The second-order valence-electron chi connectivity index (χ2n) is 5.38. The van der Waals surface area contributed by atoms with Crippen molar-refractivity contribution in [3.8, 4) is 0 Å². The van der Waals surface area contributed by atoms with E-state index >= 15 is 0 Å². The lowest BCUT2D eigenvalue weighted by Gasteiger charge is -2.19. The van der Waals surface area contributed by atoms with Gasteiger partial charge in [-0.1, -0.05) is 42.5 Å². The number of fused-ring (bicyclic) bond motifs is 1. The van der Waals surface area contributed by atoms with Gasteiger partial charge in [-0.25, -0.2) is 0 Å². The van der Waals surface area contributed by atoms with Crippen molar-refractivity contribution in [2.45, 2.75) is 25.3 Å². The van der Waals surface area contributed by atoms with Crippen molar-refractivity contribution in [1.29, 1.82) is 0 Å². The Labute approximate surface area is 135 Å². The quantitative estimate of drug-likeness (QED) is 0.734. The maximum atomic E-state index is 12.1. The van der Waals surface area contributed by atoms with Crippen LogP contribution in [0.4, 0.5) is 0 Å². The van der Waals surface area contributed by atoms with Crippen LogP contribution in [-0.2, 0) is 14.3 Å². The first kappa shape index (κ1) is 17.0. The summed E-state index contributed by atoms with van der Waals surface area (Å²) >= 11 is 0. The normalized spacial score (nSPS) is 12.0. The smallest absolute Gasteiger partial charge is 0.305 e. The van der Waals surface area contributed by atoms with Gasteiger partial charge in [-0.3, -0.25) is 9.59 Å². The fourth-order valence-electron chi connectivity index (χ4n) is 2.61. The van der Waals surface area contributed by atoms with Gasteiger partial charge in [0.2, 0.25) is 5.91 Å². The first-order valence-corrected chi connectivity index (χ1v) is 7.59. The predicted octanol–water partition coefficient (Wildman–Crippen LogP) is 2.90. The highest BCUT2D eigenvalue weighted by atomic mass is 16.5. The molecule has 0 aromatic heterocycles. The number of aliphatic carboxylic acids is 1. The van der Waals surface area contributed by atoms with Gasteiger partial charge in [0.05, 0.1) is 12.5 Å². The standard InChI is InChI=1S/C18H21NO4/c1-23-11-5-10-17(20)19-16(12-18(21)22)15-9-4-7-13-6-2-3-8-14(13)15/h2-4,6-9,16H,5,10-12H2,1H3,(H,19,20)(H,21,22)/t16-/m1/s1. The zero-order chi connectivity index (χ0) is 16.7. The first-order valence-electron chi connectivity index (χ1n) is 7.59. The number of ether oxygens (including phenoxy) is 1. The van der Waals surface area contributed by atoms with Crippen LogP contribution < -0.4 is 5.32 Å². The number of methoxy groups -OCH3 is 1. The molecule has 2 aromatic carbocycles. The van der Waals surface area contributed by atoms with E-state index in [1.54, 1.807) is 7.11 Å². The Morgan fingerprint density at radius 2 is 1.91 bits per heavy atom. The van der Waals surface area contributed by atoms with E-state index in [-0.39, 0.29) is 12.3 Å². The molecule has 23 heavy (non-hydrogen) atoms. The second kappa shape index (κ2) is 8.29. The lowest BCUT2D eigenvalue weighted by molar-refractivity contribution is -0.137. The first-order chi connectivity index (χ1) is 11.1. The van der Waals surface area contributed by atoms with Crippen molar-refractivity contribution >= 4 is 22.6 Å². The Bertz CT molecular complexity index is 678. The largest absolute Gasteiger partial charge is 0.481 e. The monoisotopic (exact) mass is 315 g/mol.